The van der Waals surface area contributed by atoms with Gasteiger partial charge in [0.15, 0.2) is 0 Å². The average molecular weight is 258 g/mol. The molecule has 0 saturated carbocycles. The van der Waals surface area contributed by atoms with E-state index in [2.05, 4.69) is 20.9 Å². The molecule has 0 aliphatic heterocycles. The molecule has 13 heavy (non-hydrogen) atoms. The van der Waals surface area contributed by atoms with Crippen LogP contribution < -0.4 is 0 Å². The fourth-order valence-electron chi connectivity index (χ4n) is 0.969. The summed E-state index contributed by atoms with van der Waals surface area (Å²) in [4.78, 5) is 4.38. The van der Waals surface area contributed by atoms with Gasteiger partial charge < -0.3 is 0 Å². The first-order chi connectivity index (χ1) is 7.88. The Bertz CT molecular complexity index is 532. The minimum atomic E-state index is -2.24. The average Bonchev–Trinajstić information content (AvgIpc) is 2.61. The lowest BCUT2D eigenvalue weighted by molar-refractivity contribution is 1.30. The molecular weight excluding hydrogens is 246 g/mol. The van der Waals surface area contributed by atoms with Gasteiger partial charge in [0.2, 0.25) is 0 Å². The zero-order valence-electron chi connectivity index (χ0n) is 10.5. The van der Waals surface area contributed by atoms with Crippen molar-refractivity contribution in [3.8, 4) is 10.4 Å². The van der Waals surface area contributed by atoms with Gasteiger partial charge in [-0.15, -0.1) is 11.3 Å². The van der Waals surface area contributed by atoms with E-state index in [4.69, 9.17) is 5.48 Å². The second-order valence-electron chi connectivity index (χ2n) is 2.47. The highest BCUT2D eigenvalue weighted by Crippen LogP contribution is 2.26. The van der Waals surface area contributed by atoms with Crippen LogP contribution in [0.25, 0.3) is 10.4 Å². The van der Waals surface area contributed by atoms with Gasteiger partial charge in [-0.25, -0.2) is 4.98 Å². The number of nitrogens with zero attached hydrogens (tertiary/aromatic N) is 1. The second kappa shape index (κ2) is 3.60. The summed E-state index contributed by atoms with van der Waals surface area (Å²) in [5.74, 6) is 0. The number of aromatic nitrogens is 1. The summed E-state index contributed by atoms with van der Waals surface area (Å²) in [7, 11) is 0. The summed E-state index contributed by atoms with van der Waals surface area (Å²) in [5, 5.41) is 0.0143. The quantitative estimate of drug-likeness (QED) is 0.756. The first-order valence-electron chi connectivity index (χ1n) is 5.62. The Kier molecular flexibility index (Phi) is 1.46. The van der Waals surface area contributed by atoms with Crippen molar-refractivity contribution in [3.05, 3.63) is 39.9 Å². The Morgan fingerprint density at radius 3 is 2.85 bits per heavy atom. The van der Waals surface area contributed by atoms with Crippen LogP contribution in [0.1, 0.15) is 10.5 Å². The fourth-order valence-corrected chi connectivity index (χ4v) is 1.86. The molecule has 0 unspecified atom stereocenters. The summed E-state index contributed by atoms with van der Waals surface area (Å²) in [6.45, 7) is -2.24. The van der Waals surface area contributed by atoms with Gasteiger partial charge >= 0.3 is 0 Å². The molecule has 0 bridgehead atoms. The van der Waals surface area contributed by atoms with Crippen LogP contribution in [-0.2, 0) is 0 Å². The molecule has 0 amide bonds. The molecule has 2 rings (SSSR count). The summed E-state index contributed by atoms with van der Waals surface area (Å²) in [5.41, 5.74) is 0.811. The second-order valence-corrected chi connectivity index (χ2v) is 4.38. The summed E-state index contributed by atoms with van der Waals surface area (Å²) < 4.78 is 30.4. The standard InChI is InChI=1S/C10H8BrNS/c1-7-12-6-10(13-7)8-2-4-9(11)5-3-8/h2-6H,1H3/i1D3,6D. The van der Waals surface area contributed by atoms with Gasteiger partial charge in [0.25, 0.3) is 0 Å². The highest BCUT2D eigenvalue weighted by Gasteiger charge is 2.00. The Morgan fingerprint density at radius 2 is 2.23 bits per heavy atom. The number of rotatable bonds is 1. The van der Waals surface area contributed by atoms with E-state index < -0.39 is 6.85 Å². The van der Waals surface area contributed by atoms with Gasteiger partial charge in [0.1, 0.15) is 0 Å². The molecule has 0 N–H and O–H groups in total. The van der Waals surface area contributed by atoms with E-state index in [1.807, 2.05) is 24.3 Å². The topological polar surface area (TPSA) is 12.9 Å². The molecule has 1 aromatic carbocycles. The van der Waals surface area contributed by atoms with Crippen LogP contribution in [0, 0.1) is 6.85 Å². The molecule has 0 saturated heterocycles. The third-order valence-electron chi connectivity index (χ3n) is 1.56. The lowest BCUT2D eigenvalue weighted by Crippen LogP contribution is -1.70. The third-order valence-corrected chi connectivity index (χ3v) is 2.91. The van der Waals surface area contributed by atoms with Crippen molar-refractivity contribution in [3.63, 3.8) is 0 Å². The van der Waals surface area contributed by atoms with Crippen LogP contribution in [0.4, 0.5) is 0 Å². The Labute approximate surface area is 95.2 Å². The minimum Gasteiger partial charge on any atom is -0.249 e. The van der Waals surface area contributed by atoms with E-state index in [0.717, 1.165) is 21.4 Å². The van der Waals surface area contributed by atoms with Gasteiger partial charge in [0.05, 0.1) is 11.3 Å². The lowest BCUT2D eigenvalue weighted by atomic mass is 10.2. The zero-order chi connectivity index (χ0) is 12.6. The molecule has 0 atom stereocenters. The summed E-state index contributed by atoms with van der Waals surface area (Å²) in [6.07, 6.45) is 0.0171. The largest absolute Gasteiger partial charge is 0.249 e. The SMILES string of the molecule is [2H]c1nc(C([2H])([2H])[2H])sc1-c1ccc(Br)cc1. The Morgan fingerprint density at radius 1 is 1.46 bits per heavy atom. The third kappa shape index (κ3) is 1.98. The first-order valence-corrected chi connectivity index (χ1v) is 5.23. The van der Waals surface area contributed by atoms with Crippen molar-refractivity contribution in [2.75, 3.05) is 0 Å². The molecular formula is C10H8BrNS. The smallest absolute Gasteiger partial charge is 0.0900 e. The molecule has 0 aliphatic rings. The van der Waals surface area contributed by atoms with Crippen LogP contribution >= 0.6 is 27.3 Å². The molecule has 0 spiro atoms. The molecule has 0 aliphatic carbocycles. The molecule has 66 valence electrons. The van der Waals surface area contributed by atoms with E-state index in [0.29, 0.717) is 4.88 Å². The van der Waals surface area contributed by atoms with Crippen molar-refractivity contribution in [2.45, 2.75) is 6.85 Å². The van der Waals surface area contributed by atoms with Crippen molar-refractivity contribution in [2.24, 2.45) is 0 Å². The minimum absolute atomic E-state index is 0.0143. The van der Waals surface area contributed by atoms with E-state index in [-0.39, 0.29) is 11.2 Å². The van der Waals surface area contributed by atoms with Gasteiger partial charge in [-0.1, -0.05) is 28.1 Å². The van der Waals surface area contributed by atoms with Crippen LogP contribution in [0.5, 0.6) is 0 Å². The monoisotopic (exact) mass is 257 g/mol. The molecule has 1 nitrogen and oxygen atoms in total. The van der Waals surface area contributed by atoms with Crippen LogP contribution in [-0.4, -0.2) is 4.98 Å². The number of benzene rings is 1. The zero-order valence-corrected chi connectivity index (χ0v) is 8.95. The molecule has 0 radical (unpaired) electrons. The maximum Gasteiger partial charge on any atom is 0.0900 e. The van der Waals surface area contributed by atoms with Crippen LogP contribution in [0.3, 0.4) is 0 Å². The summed E-state index contributed by atoms with van der Waals surface area (Å²) >= 11 is 4.37. The van der Waals surface area contributed by atoms with Crippen molar-refractivity contribution >= 4 is 27.3 Å². The maximum atomic E-state index is 7.70. The number of halogens is 1. The Balaban J connectivity index is 2.46. The van der Waals surface area contributed by atoms with Gasteiger partial charge in [-0.3, -0.25) is 0 Å². The normalized spacial score (nSPS) is 15.8. The van der Waals surface area contributed by atoms with Crippen LogP contribution in [0.15, 0.2) is 34.9 Å². The van der Waals surface area contributed by atoms with E-state index >= 15 is 0 Å². The number of aryl methyl sites for hydroxylation is 1. The van der Waals surface area contributed by atoms with Crippen molar-refractivity contribution < 1.29 is 5.48 Å². The van der Waals surface area contributed by atoms with Gasteiger partial charge in [-0.2, -0.15) is 0 Å². The maximum absolute atomic E-state index is 7.70. The van der Waals surface area contributed by atoms with E-state index in [1.54, 1.807) is 0 Å². The van der Waals surface area contributed by atoms with Crippen LogP contribution in [0.2, 0.25) is 0 Å². The predicted molar refractivity (Wildman–Crippen MR) is 60.0 cm³/mol. The highest BCUT2D eigenvalue weighted by atomic mass is 79.9. The molecule has 1 heterocycles. The molecule has 3 heteroatoms. The molecule has 2 aromatic rings. The number of thiazole rings is 1. The highest BCUT2D eigenvalue weighted by molar-refractivity contribution is 9.10. The lowest BCUT2D eigenvalue weighted by Gasteiger charge is -1.95. The fraction of sp³-hybridized carbons (Fsp3) is 0.100. The predicted octanol–water partition coefficient (Wildman–Crippen LogP) is 3.88. The Hall–Kier alpha value is -0.670. The van der Waals surface area contributed by atoms with Gasteiger partial charge in [-0.05, 0) is 24.5 Å². The number of hydrogen-bond acceptors (Lipinski definition) is 2. The van der Waals surface area contributed by atoms with Crippen molar-refractivity contribution in [1.29, 1.82) is 0 Å². The molecule has 1 aromatic heterocycles. The summed E-state index contributed by atoms with van der Waals surface area (Å²) in [6, 6.07) is 7.37. The van der Waals surface area contributed by atoms with Gasteiger partial charge in [0, 0.05) is 14.8 Å². The van der Waals surface area contributed by atoms with E-state index in [1.165, 1.54) is 0 Å². The van der Waals surface area contributed by atoms with Crippen molar-refractivity contribution in [1.82, 2.24) is 4.98 Å². The first kappa shape index (κ1) is 5.27. The van der Waals surface area contributed by atoms with E-state index in [9.17, 15) is 0 Å². The number of hydrogen-bond donors (Lipinski definition) is 0. The molecule has 0 fully saturated rings.